The lowest BCUT2D eigenvalue weighted by Gasteiger charge is -2.10. The summed E-state index contributed by atoms with van der Waals surface area (Å²) in [5, 5.41) is -0.247. The first kappa shape index (κ1) is 14.4. The van der Waals surface area contributed by atoms with Crippen molar-refractivity contribution < 1.29 is 12.8 Å². The van der Waals surface area contributed by atoms with E-state index in [1.165, 1.54) is 18.2 Å². The average Bonchev–Trinajstić information content (AvgIpc) is 2.27. The quantitative estimate of drug-likeness (QED) is 0.814. The van der Waals surface area contributed by atoms with Crippen molar-refractivity contribution in [1.82, 2.24) is 4.72 Å². The van der Waals surface area contributed by atoms with Gasteiger partial charge < -0.3 is 0 Å². The monoisotopic (exact) mass is 279 g/mol. The van der Waals surface area contributed by atoms with Gasteiger partial charge in [0.25, 0.3) is 0 Å². The predicted molar refractivity (Wildman–Crippen MR) is 66.1 cm³/mol. The highest BCUT2D eigenvalue weighted by molar-refractivity contribution is 7.89. The average molecular weight is 280 g/mol. The first-order valence-corrected chi connectivity index (χ1v) is 7.27. The van der Waals surface area contributed by atoms with Gasteiger partial charge in [-0.05, 0) is 24.6 Å². The van der Waals surface area contributed by atoms with E-state index in [2.05, 4.69) is 4.72 Å². The molecular weight excluding hydrogens is 265 g/mol. The van der Waals surface area contributed by atoms with Crippen LogP contribution in [-0.4, -0.2) is 20.3 Å². The van der Waals surface area contributed by atoms with Crippen LogP contribution in [0.2, 0.25) is 0 Å². The van der Waals surface area contributed by atoms with Crippen LogP contribution in [0.1, 0.15) is 19.8 Å². The maximum absolute atomic E-state index is 12.9. The lowest BCUT2D eigenvalue weighted by Crippen LogP contribution is -2.29. The van der Waals surface area contributed by atoms with E-state index in [1.54, 1.807) is 0 Å². The Bertz CT molecular complexity index is 464. The molecule has 1 atom stereocenters. The molecule has 0 aliphatic heterocycles. The molecule has 0 fully saturated rings. The third kappa shape index (κ3) is 4.61. The molecule has 0 radical (unpaired) electrons. The van der Waals surface area contributed by atoms with Gasteiger partial charge in [0.1, 0.15) is 5.82 Å². The van der Waals surface area contributed by atoms with Gasteiger partial charge in [0, 0.05) is 11.9 Å². The number of benzene rings is 1. The maximum atomic E-state index is 12.9. The SMILES string of the molecule is CCCC(Cl)CNS(=O)(=O)c1cccc(F)c1. The van der Waals surface area contributed by atoms with Gasteiger partial charge in [0.15, 0.2) is 0 Å². The molecule has 6 heteroatoms. The Morgan fingerprint density at radius 1 is 1.47 bits per heavy atom. The molecule has 96 valence electrons. The van der Waals surface area contributed by atoms with Gasteiger partial charge in [-0.15, -0.1) is 11.6 Å². The summed E-state index contributed by atoms with van der Waals surface area (Å²) in [6, 6.07) is 4.87. The second-order valence-electron chi connectivity index (χ2n) is 3.70. The van der Waals surface area contributed by atoms with Crippen molar-refractivity contribution in [2.45, 2.75) is 30.0 Å². The molecule has 0 bridgehead atoms. The summed E-state index contributed by atoms with van der Waals surface area (Å²) in [6.45, 7) is 2.12. The molecular formula is C11H15ClFNO2S. The van der Waals surface area contributed by atoms with Crippen LogP contribution in [0.25, 0.3) is 0 Å². The molecule has 1 aromatic carbocycles. The van der Waals surface area contributed by atoms with Gasteiger partial charge in [0.2, 0.25) is 10.0 Å². The molecule has 0 aliphatic carbocycles. The third-order valence-electron chi connectivity index (χ3n) is 2.20. The van der Waals surface area contributed by atoms with Crippen molar-refractivity contribution >= 4 is 21.6 Å². The minimum Gasteiger partial charge on any atom is -0.210 e. The van der Waals surface area contributed by atoms with Crippen molar-refractivity contribution in [3.63, 3.8) is 0 Å². The fourth-order valence-corrected chi connectivity index (χ4v) is 2.83. The van der Waals surface area contributed by atoms with Crippen LogP contribution >= 0.6 is 11.6 Å². The molecule has 1 aromatic rings. The molecule has 1 N–H and O–H groups in total. The second-order valence-corrected chi connectivity index (χ2v) is 6.08. The van der Waals surface area contributed by atoms with Crippen LogP contribution in [0.3, 0.4) is 0 Å². The smallest absolute Gasteiger partial charge is 0.210 e. The fourth-order valence-electron chi connectivity index (χ4n) is 1.33. The highest BCUT2D eigenvalue weighted by Gasteiger charge is 2.15. The van der Waals surface area contributed by atoms with Crippen molar-refractivity contribution in [3.8, 4) is 0 Å². The molecule has 0 amide bonds. The van der Waals surface area contributed by atoms with E-state index in [1.807, 2.05) is 6.92 Å². The zero-order valence-electron chi connectivity index (χ0n) is 9.49. The maximum Gasteiger partial charge on any atom is 0.240 e. The second kappa shape index (κ2) is 6.33. The van der Waals surface area contributed by atoms with Gasteiger partial charge in [-0.2, -0.15) is 0 Å². The zero-order valence-corrected chi connectivity index (χ0v) is 11.1. The number of halogens is 2. The number of sulfonamides is 1. The van der Waals surface area contributed by atoms with Gasteiger partial charge in [-0.25, -0.2) is 17.5 Å². The Labute approximate surface area is 106 Å². The molecule has 3 nitrogen and oxygen atoms in total. The lowest BCUT2D eigenvalue weighted by atomic mass is 10.2. The van der Waals surface area contributed by atoms with Crippen LogP contribution in [0.4, 0.5) is 4.39 Å². The minimum atomic E-state index is -3.67. The van der Waals surface area contributed by atoms with E-state index in [0.717, 1.165) is 18.9 Å². The molecule has 1 rings (SSSR count). The Hall–Kier alpha value is -0.650. The predicted octanol–water partition coefficient (Wildman–Crippen LogP) is 2.51. The van der Waals surface area contributed by atoms with Crippen molar-refractivity contribution in [3.05, 3.63) is 30.1 Å². The van der Waals surface area contributed by atoms with Gasteiger partial charge >= 0.3 is 0 Å². The van der Waals surface area contributed by atoms with Crippen LogP contribution in [-0.2, 0) is 10.0 Å². The highest BCUT2D eigenvalue weighted by Crippen LogP contribution is 2.11. The summed E-state index contributed by atoms with van der Waals surface area (Å²) in [5.41, 5.74) is 0. The zero-order chi connectivity index (χ0) is 12.9. The van der Waals surface area contributed by atoms with Crippen molar-refractivity contribution in [2.75, 3.05) is 6.54 Å². The number of hydrogen-bond donors (Lipinski definition) is 1. The first-order valence-electron chi connectivity index (χ1n) is 5.35. The van der Waals surface area contributed by atoms with E-state index < -0.39 is 15.8 Å². The number of rotatable bonds is 6. The molecule has 0 saturated carbocycles. The topological polar surface area (TPSA) is 46.2 Å². The summed E-state index contributed by atoms with van der Waals surface area (Å²) >= 11 is 5.90. The molecule has 0 aromatic heterocycles. The lowest BCUT2D eigenvalue weighted by molar-refractivity contribution is 0.573. The third-order valence-corrected chi connectivity index (χ3v) is 4.00. The molecule has 0 aliphatic rings. The highest BCUT2D eigenvalue weighted by atomic mass is 35.5. The molecule has 0 heterocycles. The normalized spacial score (nSPS) is 13.6. The van der Waals surface area contributed by atoms with E-state index in [9.17, 15) is 12.8 Å². The van der Waals surface area contributed by atoms with E-state index in [-0.39, 0.29) is 16.8 Å². The van der Waals surface area contributed by atoms with Gasteiger partial charge in [0.05, 0.1) is 4.90 Å². The minimum absolute atomic E-state index is 0.0853. The van der Waals surface area contributed by atoms with Crippen LogP contribution < -0.4 is 4.72 Å². The summed E-state index contributed by atoms with van der Waals surface area (Å²) in [5.74, 6) is -0.580. The van der Waals surface area contributed by atoms with E-state index >= 15 is 0 Å². The molecule has 0 saturated heterocycles. The molecule has 17 heavy (non-hydrogen) atoms. The van der Waals surface area contributed by atoms with E-state index in [0.29, 0.717) is 0 Å². The number of hydrogen-bond acceptors (Lipinski definition) is 2. The van der Waals surface area contributed by atoms with Crippen LogP contribution in [0.15, 0.2) is 29.2 Å². The summed E-state index contributed by atoms with van der Waals surface area (Å²) < 4.78 is 38.8. The molecule has 1 unspecified atom stereocenters. The Kier molecular flexibility index (Phi) is 5.36. The van der Waals surface area contributed by atoms with Crippen molar-refractivity contribution in [1.29, 1.82) is 0 Å². The molecule has 0 spiro atoms. The standard InChI is InChI=1S/C11H15ClFNO2S/c1-2-4-9(12)8-14-17(15,16)11-6-3-5-10(13)7-11/h3,5-7,9,14H,2,4,8H2,1H3. The Morgan fingerprint density at radius 3 is 2.76 bits per heavy atom. The van der Waals surface area contributed by atoms with Crippen LogP contribution in [0.5, 0.6) is 0 Å². The Morgan fingerprint density at radius 2 is 2.18 bits per heavy atom. The summed E-state index contributed by atoms with van der Waals surface area (Å²) in [7, 11) is -3.67. The Balaban J connectivity index is 2.69. The van der Waals surface area contributed by atoms with E-state index in [4.69, 9.17) is 11.6 Å². The van der Waals surface area contributed by atoms with Gasteiger partial charge in [-0.3, -0.25) is 0 Å². The first-order chi connectivity index (χ1) is 7.95. The number of alkyl halides is 1. The summed E-state index contributed by atoms with van der Waals surface area (Å²) in [4.78, 5) is -0.0853. The fraction of sp³-hybridized carbons (Fsp3) is 0.455. The largest absolute Gasteiger partial charge is 0.240 e. The van der Waals surface area contributed by atoms with Crippen LogP contribution in [0, 0.1) is 5.82 Å². The summed E-state index contributed by atoms with van der Waals surface area (Å²) in [6.07, 6.45) is 1.61. The van der Waals surface area contributed by atoms with Crippen molar-refractivity contribution in [2.24, 2.45) is 0 Å². The number of nitrogens with one attached hydrogen (secondary N) is 1. The van der Waals surface area contributed by atoms with Gasteiger partial charge in [-0.1, -0.05) is 19.4 Å².